The van der Waals surface area contributed by atoms with Crippen molar-refractivity contribution in [1.29, 1.82) is 0 Å². The first-order chi connectivity index (χ1) is 19.6. The number of carbonyl (C=O) groups is 2. The van der Waals surface area contributed by atoms with Crippen molar-refractivity contribution >= 4 is 22.1 Å². The van der Waals surface area contributed by atoms with Crippen LogP contribution < -0.4 is 0 Å². The fraction of sp³-hybridized carbons (Fsp3) is 0.939. The lowest BCUT2D eigenvalue weighted by Crippen LogP contribution is -2.53. The van der Waals surface area contributed by atoms with E-state index in [2.05, 4.69) is 13.8 Å². The molecule has 0 spiro atoms. The molecule has 0 aliphatic rings. The van der Waals surface area contributed by atoms with Gasteiger partial charge in [0.2, 0.25) is 0 Å². The maximum Gasteiger partial charge on any atom is 0.327 e. The van der Waals surface area contributed by atoms with Crippen molar-refractivity contribution in [2.45, 2.75) is 192 Å². The molecule has 0 saturated heterocycles. The molecule has 2 unspecified atom stereocenters. The summed E-state index contributed by atoms with van der Waals surface area (Å²) in [4.78, 5) is 24.0. The number of rotatable bonds is 31. The van der Waals surface area contributed by atoms with Gasteiger partial charge < -0.3 is 10.2 Å². The summed E-state index contributed by atoms with van der Waals surface area (Å²) in [5.74, 6) is -4.03. The summed E-state index contributed by atoms with van der Waals surface area (Å²) in [5, 5.41) is 19.6. The van der Waals surface area contributed by atoms with Crippen LogP contribution in [0.5, 0.6) is 0 Å². The van der Waals surface area contributed by atoms with E-state index >= 15 is 0 Å². The molecule has 0 fully saturated rings. The molecule has 7 nitrogen and oxygen atoms in total. The summed E-state index contributed by atoms with van der Waals surface area (Å²) in [5.41, 5.74) is 0. The van der Waals surface area contributed by atoms with Gasteiger partial charge in [0.25, 0.3) is 10.1 Å². The smallest absolute Gasteiger partial charge is 0.327 e. The highest BCUT2D eigenvalue weighted by molar-refractivity contribution is 7.88. The molecule has 41 heavy (non-hydrogen) atoms. The van der Waals surface area contributed by atoms with Gasteiger partial charge >= 0.3 is 11.9 Å². The third-order valence-corrected chi connectivity index (χ3v) is 10.3. The molecule has 0 amide bonds. The van der Waals surface area contributed by atoms with Crippen LogP contribution in [-0.2, 0) is 19.7 Å². The Morgan fingerprint density at radius 3 is 1.17 bits per heavy atom. The monoisotopic (exact) mass is 604 g/mol. The molecule has 2 atom stereocenters. The van der Waals surface area contributed by atoms with Crippen LogP contribution in [0.15, 0.2) is 0 Å². The molecule has 0 bridgehead atoms. The number of unbranched alkanes of at least 4 members (excludes halogenated alkanes) is 22. The maximum absolute atomic E-state index is 12.6. The summed E-state index contributed by atoms with van der Waals surface area (Å²) in [6.45, 7) is 4.43. The van der Waals surface area contributed by atoms with Crippen molar-refractivity contribution in [2.24, 2.45) is 5.92 Å². The van der Waals surface area contributed by atoms with E-state index in [0.29, 0.717) is 19.3 Å². The van der Waals surface area contributed by atoms with Crippen LogP contribution in [0, 0.1) is 5.92 Å². The van der Waals surface area contributed by atoms with Crippen molar-refractivity contribution in [3.05, 3.63) is 0 Å². The van der Waals surface area contributed by atoms with E-state index in [1.165, 1.54) is 89.9 Å². The zero-order valence-electron chi connectivity index (χ0n) is 26.6. The molecule has 0 aliphatic carbocycles. The molecular weight excluding hydrogens is 540 g/mol. The number of carboxylic acid groups (broad SMARTS) is 2. The van der Waals surface area contributed by atoms with Crippen molar-refractivity contribution in [3.63, 3.8) is 0 Å². The minimum absolute atomic E-state index is 0.161. The zero-order valence-corrected chi connectivity index (χ0v) is 27.4. The van der Waals surface area contributed by atoms with Crippen LogP contribution in [0.3, 0.4) is 0 Å². The predicted molar refractivity (Wildman–Crippen MR) is 169 cm³/mol. The Labute approximate surface area is 252 Å². The van der Waals surface area contributed by atoms with E-state index < -0.39 is 39.1 Å². The normalized spacial score (nSPS) is 14.1. The molecule has 0 aromatic rings. The lowest BCUT2D eigenvalue weighted by atomic mass is 9.80. The first-order valence-electron chi connectivity index (χ1n) is 17.1. The van der Waals surface area contributed by atoms with Gasteiger partial charge in [-0.15, -0.1) is 0 Å². The summed E-state index contributed by atoms with van der Waals surface area (Å²) < 4.78 is 32.8. The maximum atomic E-state index is 12.6. The van der Waals surface area contributed by atoms with E-state index in [1.54, 1.807) is 0 Å². The number of hydrogen-bond acceptors (Lipinski definition) is 4. The molecule has 0 saturated carbocycles. The van der Waals surface area contributed by atoms with E-state index in [9.17, 15) is 32.8 Å². The van der Waals surface area contributed by atoms with Crippen molar-refractivity contribution in [3.8, 4) is 0 Å². The minimum Gasteiger partial charge on any atom is -0.481 e. The fourth-order valence-electron chi connectivity index (χ4n) is 6.11. The summed E-state index contributed by atoms with van der Waals surface area (Å²) in [6.07, 6.45) is 25.6. The lowest BCUT2D eigenvalue weighted by molar-refractivity contribution is -0.144. The van der Waals surface area contributed by atoms with Gasteiger partial charge in [-0.1, -0.05) is 168 Å². The predicted octanol–water partition coefficient (Wildman–Crippen LogP) is 9.97. The Balaban J connectivity index is 4.68. The van der Waals surface area contributed by atoms with Crippen LogP contribution >= 0.6 is 0 Å². The zero-order chi connectivity index (χ0) is 30.8. The fourth-order valence-corrected chi connectivity index (χ4v) is 7.35. The summed E-state index contributed by atoms with van der Waals surface area (Å²) >= 11 is 0. The first kappa shape index (κ1) is 39.8. The Bertz CT molecular complexity index is 753. The highest BCUT2D eigenvalue weighted by Crippen LogP contribution is 2.38. The van der Waals surface area contributed by atoms with Crippen LogP contribution in [-0.4, -0.2) is 39.9 Å². The molecule has 0 aliphatic heterocycles. The quantitative estimate of drug-likeness (QED) is 0.0530. The van der Waals surface area contributed by atoms with E-state index in [0.717, 1.165) is 44.9 Å². The van der Waals surface area contributed by atoms with Gasteiger partial charge in [0.15, 0.2) is 4.75 Å². The highest BCUT2D eigenvalue weighted by atomic mass is 32.2. The minimum atomic E-state index is -5.01. The molecule has 0 aromatic heterocycles. The van der Waals surface area contributed by atoms with Crippen LogP contribution in [0.2, 0.25) is 0 Å². The number of aliphatic carboxylic acids is 2. The second-order valence-corrected chi connectivity index (χ2v) is 14.0. The summed E-state index contributed by atoms with van der Waals surface area (Å²) in [7, 11) is -5.01. The Hall–Kier alpha value is -1.15. The van der Waals surface area contributed by atoms with Gasteiger partial charge in [0.1, 0.15) is 0 Å². The molecule has 0 rings (SSSR count). The van der Waals surface area contributed by atoms with E-state index in [4.69, 9.17) is 0 Å². The standard InChI is InChI=1S/C33H64O7S/c1-3-5-7-9-11-13-15-17-19-21-23-25-27-30(29-31(34)35)33(32(36)37,41(38,39)40)28-26-24-22-20-18-16-14-12-10-8-6-4-2/h30H,3-29H2,1-2H3,(H,34,35)(H,36,37)(H,38,39,40). The van der Waals surface area contributed by atoms with Gasteiger partial charge in [-0.3, -0.25) is 14.1 Å². The van der Waals surface area contributed by atoms with Crippen molar-refractivity contribution in [2.75, 3.05) is 0 Å². The average molecular weight is 605 g/mol. The lowest BCUT2D eigenvalue weighted by Gasteiger charge is -2.34. The highest BCUT2D eigenvalue weighted by Gasteiger charge is 2.56. The Morgan fingerprint density at radius 2 is 0.878 bits per heavy atom. The van der Waals surface area contributed by atoms with Crippen LogP contribution in [0.25, 0.3) is 0 Å². The van der Waals surface area contributed by atoms with Gasteiger partial charge in [-0.05, 0) is 12.8 Å². The second kappa shape index (κ2) is 25.4. The van der Waals surface area contributed by atoms with Crippen molar-refractivity contribution in [1.82, 2.24) is 0 Å². The van der Waals surface area contributed by atoms with Gasteiger partial charge in [0, 0.05) is 5.92 Å². The van der Waals surface area contributed by atoms with Gasteiger partial charge in [-0.2, -0.15) is 8.42 Å². The second-order valence-electron chi connectivity index (χ2n) is 12.3. The molecular formula is C33H64O7S. The molecule has 0 heterocycles. The molecule has 3 N–H and O–H groups in total. The average Bonchev–Trinajstić information content (AvgIpc) is 2.90. The first-order valence-corrected chi connectivity index (χ1v) is 18.5. The van der Waals surface area contributed by atoms with Crippen LogP contribution in [0.1, 0.15) is 187 Å². The van der Waals surface area contributed by atoms with Crippen LogP contribution in [0.4, 0.5) is 0 Å². The number of hydrogen-bond donors (Lipinski definition) is 3. The molecule has 244 valence electrons. The van der Waals surface area contributed by atoms with Gasteiger partial charge in [-0.25, -0.2) is 0 Å². The Morgan fingerprint density at radius 1 is 0.561 bits per heavy atom. The van der Waals surface area contributed by atoms with Crippen molar-refractivity contribution < 1.29 is 32.8 Å². The number of carboxylic acids is 2. The van der Waals surface area contributed by atoms with E-state index in [1.807, 2.05) is 0 Å². The topological polar surface area (TPSA) is 129 Å². The molecule has 0 radical (unpaired) electrons. The third-order valence-electron chi connectivity index (χ3n) is 8.71. The molecule has 0 aromatic carbocycles. The summed E-state index contributed by atoms with van der Waals surface area (Å²) in [6, 6.07) is 0. The molecule has 8 heteroatoms. The van der Waals surface area contributed by atoms with Gasteiger partial charge in [0.05, 0.1) is 6.42 Å². The third kappa shape index (κ3) is 18.9. The largest absolute Gasteiger partial charge is 0.481 e. The Kier molecular flexibility index (Phi) is 24.6. The SMILES string of the molecule is CCCCCCCCCCCCCCC(CC(=O)O)C(CCCCCCCCCCCCCC)(C(=O)O)S(=O)(=O)O. The van der Waals surface area contributed by atoms with E-state index in [-0.39, 0.29) is 12.8 Å².